The quantitative estimate of drug-likeness (QED) is 0.278. The lowest BCUT2D eigenvalue weighted by molar-refractivity contribution is 0.0844. The molecule has 2 amide bonds. The molecule has 0 bridgehead atoms. The third-order valence-corrected chi connectivity index (χ3v) is 5.30. The summed E-state index contributed by atoms with van der Waals surface area (Å²) >= 11 is 3.38. The summed E-state index contributed by atoms with van der Waals surface area (Å²) in [5, 5.41) is 0. The molecule has 2 aromatic rings. The van der Waals surface area contributed by atoms with Crippen LogP contribution in [0.4, 0.5) is 0 Å². The van der Waals surface area contributed by atoms with Gasteiger partial charge in [-0.1, -0.05) is 56.0 Å². The molecule has 0 saturated carbocycles. The Morgan fingerprint density at radius 1 is 0.906 bits per heavy atom. The summed E-state index contributed by atoms with van der Waals surface area (Å²) in [5.74, 6) is 0.905. The first-order valence-corrected chi connectivity index (χ1v) is 12.0. The van der Waals surface area contributed by atoms with Crippen LogP contribution >= 0.6 is 15.9 Å². The second kappa shape index (κ2) is 13.8. The topological polar surface area (TPSA) is 76.7 Å². The van der Waals surface area contributed by atoms with E-state index in [4.69, 9.17) is 9.47 Å². The minimum Gasteiger partial charge on any atom is -0.494 e. The fourth-order valence-electron chi connectivity index (χ4n) is 2.88. The molecule has 174 valence electrons. The molecule has 0 unspecified atom stereocenters. The molecule has 2 rings (SSSR count). The van der Waals surface area contributed by atoms with Crippen LogP contribution in [-0.4, -0.2) is 25.0 Å². The SMILES string of the molecule is CCCCCCOc1ccc(Br)cc1C(=O)NNC(=O)c1ccc(OCCC(C)C)cc1. The van der Waals surface area contributed by atoms with Crippen LogP contribution in [0.3, 0.4) is 0 Å². The Balaban J connectivity index is 1.89. The van der Waals surface area contributed by atoms with Crippen molar-refractivity contribution in [3.05, 3.63) is 58.1 Å². The van der Waals surface area contributed by atoms with E-state index in [1.165, 1.54) is 0 Å². The Bertz CT molecular complexity index is 869. The second-order valence-electron chi connectivity index (χ2n) is 8.01. The summed E-state index contributed by atoms with van der Waals surface area (Å²) in [4.78, 5) is 25.1. The first-order chi connectivity index (χ1) is 15.4. The lowest BCUT2D eigenvalue weighted by Gasteiger charge is -2.13. The summed E-state index contributed by atoms with van der Waals surface area (Å²) in [6.45, 7) is 7.61. The van der Waals surface area contributed by atoms with Crippen LogP contribution in [-0.2, 0) is 0 Å². The maximum absolute atomic E-state index is 12.7. The van der Waals surface area contributed by atoms with Crippen LogP contribution < -0.4 is 20.3 Å². The molecule has 6 nitrogen and oxygen atoms in total. The van der Waals surface area contributed by atoms with Gasteiger partial charge in [-0.25, -0.2) is 0 Å². The van der Waals surface area contributed by atoms with Gasteiger partial charge < -0.3 is 9.47 Å². The molecule has 0 heterocycles. The first kappa shape index (κ1) is 25.7. The van der Waals surface area contributed by atoms with E-state index in [9.17, 15) is 9.59 Å². The van der Waals surface area contributed by atoms with Crippen molar-refractivity contribution in [3.63, 3.8) is 0 Å². The fraction of sp³-hybridized carbons (Fsp3) is 0.440. The molecule has 2 N–H and O–H groups in total. The Kier molecular flexibility index (Phi) is 11.1. The number of rotatable bonds is 12. The second-order valence-corrected chi connectivity index (χ2v) is 8.93. The zero-order valence-corrected chi connectivity index (χ0v) is 20.7. The minimum absolute atomic E-state index is 0.351. The number of halogens is 1. The van der Waals surface area contributed by atoms with Crippen LogP contribution in [0.1, 0.15) is 73.6 Å². The number of amides is 2. The fourth-order valence-corrected chi connectivity index (χ4v) is 3.25. The van der Waals surface area contributed by atoms with Crippen molar-refractivity contribution in [3.8, 4) is 11.5 Å². The molecule has 0 saturated heterocycles. The van der Waals surface area contributed by atoms with Gasteiger partial charge in [-0.2, -0.15) is 0 Å². The van der Waals surface area contributed by atoms with E-state index in [1.54, 1.807) is 36.4 Å². The number of benzene rings is 2. The highest BCUT2D eigenvalue weighted by atomic mass is 79.9. The van der Waals surface area contributed by atoms with E-state index in [0.717, 1.165) is 36.6 Å². The largest absolute Gasteiger partial charge is 0.494 e. The lowest BCUT2D eigenvalue weighted by atomic mass is 10.1. The van der Waals surface area contributed by atoms with Crippen LogP contribution in [0.2, 0.25) is 0 Å². The van der Waals surface area contributed by atoms with E-state index in [2.05, 4.69) is 47.6 Å². The standard InChI is InChI=1S/C25H33BrN2O4/c1-4-5-6-7-15-32-23-13-10-20(26)17-22(23)25(30)28-27-24(29)19-8-11-21(12-9-19)31-16-14-18(2)3/h8-13,17-18H,4-7,14-16H2,1-3H3,(H,27,29)(H,28,30). The van der Waals surface area contributed by atoms with E-state index in [-0.39, 0.29) is 0 Å². The highest BCUT2D eigenvalue weighted by Crippen LogP contribution is 2.23. The molecule has 0 aliphatic carbocycles. The number of carbonyl (C=O) groups excluding carboxylic acids is 2. The molecule has 0 spiro atoms. The average molecular weight is 505 g/mol. The van der Waals surface area contributed by atoms with Gasteiger partial charge in [0.1, 0.15) is 11.5 Å². The first-order valence-electron chi connectivity index (χ1n) is 11.2. The predicted molar refractivity (Wildman–Crippen MR) is 130 cm³/mol. The summed E-state index contributed by atoms with van der Waals surface area (Å²) in [6, 6.07) is 12.1. The van der Waals surface area contributed by atoms with Crippen molar-refractivity contribution in [1.82, 2.24) is 10.9 Å². The number of nitrogens with one attached hydrogen (secondary N) is 2. The summed E-state index contributed by atoms with van der Waals surface area (Å²) in [5.41, 5.74) is 5.69. The summed E-state index contributed by atoms with van der Waals surface area (Å²) < 4.78 is 12.2. The minimum atomic E-state index is -0.447. The number of unbranched alkanes of at least 4 members (excludes halogenated alkanes) is 3. The predicted octanol–water partition coefficient (Wildman–Crippen LogP) is 5.91. The molecule has 0 aliphatic rings. The number of ether oxygens (including phenoxy) is 2. The van der Waals surface area contributed by atoms with E-state index < -0.39 is 11.8 Å². The molecular weight excluding hydrogens is 472 g/mol. The Morgan fingerprint density at radius 2 is 1.62 bits per heavy atom. The van der Waals surface area contributed by atoms with Crippen molar-refractivity contribution in [2.24, 2.45) is 5.92 Å². The zero-order valence-electron chi connectivity index (χ0n) is 19.1. The Morgan fingerprint density at radius 3 is 2.31 bits per heavy atom. The lowest BCUT2D eigenvalue weighted by Crippen LogP contribution is -2.41. The third kappa shape index (κ3) is 8.91. The van der Waals surface area contributed by atoms with Crippen LogP contribution in [0.15, 0.2) is 46.9 Å². The maximum atomic E-state index is 12.7. The van der Waals surface area contributed by atoms with Crippen molar-refractivity contribution in [2.75, 3.05) is 13.2 Å². The molecule has 32 heavy (non-hydrogen) atoms. The molecular formula is C25H33BrN2O4. The van der Waals surface area contributed by atoms with Gasteiger partial charge in [0, 0.05) is 10.0 Å². The Hall–Kier alpha value is -2.54. The van der Waals surface area contributed by atoms with Crippen molar-refractivity contribution in [2.45, 2.75) is 52.9 Å². The monoisotopic (exact) mass is 504 g/mol. The summed E-state index contributed by atoms with van der Waals surface area (Å²) in [6.07, 6.45) is 5.30. The highest BCUT2D eigenvalue weighted by Gasteiger charge is 2.15. The van der Waals surface area contributed by atoms with Gasteiger partial charge in [0.05, 0.1) is 18.8 Å². The van der Waals surface area contributed by atoms with Crippen LogP contribution in [0.25, 0.3) is 0 Å². The van der Waals surface area contributed by atoms with Crippen molar-refractivity contribution in [1.29, 1.82) is 0 Å². The van der Waals surface area contributed by atoms with Gasteiger partial charge in [-0.15, -0.1) is 0 Å². The number of carbonyl (C=O) groups is 2. The number of hydrazine groups is 1. The molecule has 0 atom stereocenters. The van der Waals surface area contributed by atoms with E-state index in [1.807, 2.05) is 6.07 Å². The van der Waals surface area contributed by atoms with Gasteiger partial charge >= 0.3 is 0 Å². The number of hydrogen-bond acceptors (Lipinski definition) is 4. The average Bonchev–Trinajstić information content (AvgIpc) is 2.78. The smallest absolute Gasteiger partial charge is 0.273 e. The zero-order chi connectivity index (χ0) is 23.3. The molecule has 2 aromatic carbocycles. The van der Waals surface area contributed by atoms with Crippen LogP contribution in [0, 0.1) is 5.92 Å². The normalized spacial score (nSPS) is 10.7. The maximum Gasteiger partial charge on any atom is 0.273 e. The molecule has 0 aliphatic heterocycles. The van der Waals surface area contributed by atoms with Crippen LogP contribution in [0.5, 0.6) is 11.5 Å². The van der Waals surface area contributed by atoms with Gasteiger partial charge in [0.15, 0.2) is 0 Å². The van der Waals surface area contributed by atoms with Gasteiger partial charge in [0.25, 0.3) is 11.8 Å². The summed E-state index contributed by atoms with van der Waals surface area (Å²) in [7, 11) is 0. The Labute approximate surface area is 199 Å². The molecule has 7 heteroatoms. The van der Waals surface area contributed by atoms with E-state index >= 15 is 0 Å². The van der Waals surface area contributed by atoms with E-state index in [0.29, 0.717) is 41.8 Å². The van der Waals surface area contributed by atoms with Crippen molar-refractivity contribution < 1.29 is 19.1 Å². The third-order valence-electron chi connectivity index (χ3n) is 4.81. The highest BCUT2D eigenvalue weighted by molar-refractivity contribution is 9.10. The molecule has 0 aromatic heterocycles. The molecule has 0 fully saturated rings. The van der Waals surface area contributed by atoms with Gasteiger partial charge in [-0.05, 0) is 61.2 Å². The van der Waals surface area contributed by atoms with Gasteiger partial charge in [0.2, 0.25) is 0 Å². The van der Waals surface area contributed by atoms with Crippen molar-refractivity contribution >= 4 is 27.7 Å². The van der Waals surface area contributed by atoms with Gasteiger partial charge in [-0.3, -0.25) is 20.4 Å². The molecule has 0 radical (unpaired) electrons. The number of hydrogen-bond donors (Lipinski definition) is 2.